The predicted molar refractivity (Wildman–Crippen MR) is 34.4 cm³/mol. The van der Waals surface area contributed by atoms with Crippen LogP contribution in [0.4, 0.5) is 0 Å². The number of carbonyl (C=O) groups excluding carboxylic acids is 2. The fourth-order valence-electron chi connectivity index (χ4n) is 1.59. The molecular weight excluding hydrogens is 130 g/mol. The van der Waals surface area contributed by atoms with Crippen LogP contribution in [0.5, 0.6) is 0 Å². The van der Waals surface area contributed by atoms with Gasteiger partial charge in [0.05, 0.1) is 6.54 Å². The molecule has 2 rings (SSSR count). The molecule has 2 aliphatic heterocycles. The number of nitrogens with zero attached hydrogens (tertiary/aromatic N) is 1. The van der Waals surface area contributed by atoms with Gasteiger partial charge in [-0.1, -0.05) is 0 Å². The third-order valence-corrected chi connectivity index (χ3v) is 2.27. The number of amides is 1. The highest BCUT2D eigenvalue weighted by molar-refractivity contribution is 5.91. The highest BCUT2D eigenvalue weighted by atomic mass is 16.2. The molecule has 0 spiro atoms. The smallest absolute Gasteiger partial charge is 0.225 e. The number of hydrogen-bond acceptors (Lipinski definition) is 2. The minimum absolute atomic E-state index is 0.151. The SMILES string of the molecule is O=C1CC[C@H]2CC(=O)N2C1. The summed E-state index contributed by atoms with van der Waals surface area (Å²) in [5.74, 6) is 0.363. The normalized spacial score (nSPS) is 31.6. The summed E-state index contributed by atoms with van der Waals surface area (Å²) in [6, 6.07) is 0.408. The Bertz CT molecular complexity index is 194. The van der Waals surface area contributed by atoms with Crippen LogP contribution in [0.15, 0.2) is 0 Å². The van der Waals surface area contributed by atoms with E-state index in [-0.39, 0.29) is 11.7 Å². The topological polar surface area (TPSA) is 37.4 Å². The van der Waals surface area contributed by atoms with Crippen molar-refractivity contribution in [2.45, 2.75) is 25.3 Å². The molecule has 0 radical (unpaired) electrons. The maximum absolute atomic E-state index is 10.8. The van der Waals surface area contributed by atoms with Crippen molar-refractivity contribution >= 4 is 11.7 Å². The molecule has 2 heterocycles. The van der Waals surface area contributed by atoms with E-state index in [1.807, 2.05) is 0 Å². The molecule has 54 valence electrons. The highest BCUT2D eigenvalue weighted by Crippen LogP contribution is 2.26. The minimum Gasteiger partial charge on any atom is -0.332 e. The van der Waals surface area contributed by atoms with Crippen molar-refractivity contribution in [1.29, 1.82) is 0 Å². The summed E-state index contributed by atoms with van der Waals surface area (Å²) in [5.41, 5.74) is 0. The van der Waals surface area contributed by atoms with Crippen molar-refractivity contribution in [3.63, 3.8) is 0 Å². The lowest BCUT2D eigenvalue weighted by Gasteiger charge is -2.43. The molecule has 0 aromatic heterocycles. The first-order valence-electron chi connectivity index (χ1n) is 3.58. The number of β-lactam (4-membered cyclic amide) rings is 1. The van der Waals surface area contributed by atoms with E-state index in [2.05, 4.69) is 0 Å². The number of piperidine rings is 1. The molecule has 2 fully saturated rings. The maximum Gasteiger partial charge on any atom is 0.225 e. The van der Waals surface area contributed by atoms with E-state index >= 15 is 0 Å². The Morgan fingerprint density at radius 3 is 2.80 bits per heavy atom. The van der Waals surface area contributed by atoms with E-state index < -0.39 is 0 Å². The van der Waals surface area contributed by atoms with E-state index in [0.717, 1.165) is 6.42 Å². The molecule has 0 N–H and O–H groups in total. The Hall–Kier alpha value is -0.860. The molecule has 3 nitrogen and oxygen atoms in total. The maximum atomic E-state index is 10.8. The van der Waals surface area contributed by atoms with E-state index in [1.54, 1.807) is 4.90 Å². The second-order valence-corrected chi connectivity index (χ2v) is 2.96. The standard InChI is InChI=1S/C7H9NO2/c9-6-2-1-5-3-7(10)8(5)4-6/h5H,1-4H2/t5-/m0/s1. The number of fused-ring (bicyclic) bond motifs is 1. The van der Waals surface area contributed by atoms with Crippen molar-refractivity contribution in [2.24, 2.45) is 0 Å². The lowest BCUT2D eigenvalue weighted by Crippen LogP contribution is -2.57. The number of Topliss-reactive ketones (excluding diaryl/α,β-unsaturated/α-hetero) is 1. The predicted octanol–water partition coefficient (Wildman–Crippen LogP) is -0.0498. The average molecular weight is 139 g/mol. The van der Waals surface area contributed by atoms with Gasteiger partial charge in [-0.3, -0.25) is 9.59 Å². The van der Waals surface area contributed by atoms with Crippen molar-refractivity contribution in [1.82, 2.24) is 4.90 Å². The van der Waals surface area contributed by atoms with Gasteiger partial charge in [-0.2, -0.15) is 0 Å². The molecule has 0 aromatic rings. The van der Waals surface area contributed by atoms with Crippen molar-refractivity contribution < 1.29 is 9.59 Å². The fourth-order valence-corrected chi connectivity index (χ4v) is 1.59. The first-order valence-corrected chi connectivity index (χ1v) is 3.58. The Kier molecular flexibility index (Phi) is 1.07. The van der Waals surface area contributed by atoms with Crippen LogP contribution in [0.2, 0.25) is 0 Å². The zero-order valence-electron chi connectivity index (χ0n) is 5.67. The summed E-state index contributed by atoms with van der Waals surface area (Å²) in [5, 5.41) is 0. The minimum atomic E-state index is 0.151. The molecule has 1 amide bonds. The molecule has 0 bridgehead atoms. The number of ketones is 1. The van der Waals surface area contributed by atoms with E-state index in [1.165, 1.54) is 0 Å². The van der Waals surface area contributed by atoms with Crippen LogP contribution < -0.4 is 0 Å². The van der Waals surface area contributed by atoms with Gasteiger partial charge in [0.1, 0.15) is 0 Å². The third kappa shape index (κ3) is 0.664. The molecule has 0 saturated carbocycles. The molecule has 0 aromatic carbocycles. The molecule has 10 heavy (non-hydrogen) atoms. The lowest BCUT2D eigenvalue weighted by molar-refractivity contribution is -0.152. The van der Waals surface area contributed by atoms with Gasteiger partial charge in [-0.05, 0) is 6.42 Å². The summed E-state index contributed by atoms with van der Waals surface area (Å²) in [6.07, 6.45) is 2.24. The van der Waals surface area contributed by atoms with Gasteiger partial charge in [0.25, 0.3) is 0 Å². The van der Waals surface area contributed by atoms with E-state index in [0.29, 0.717) is 25.4 Å². The van der Waals surface area contributed by atoms with Crippen LogP contribution in [0.3, 0.4) is 0 Å². The summed E-state index contributed by atoms with van der Waals surface area (Å²) < 4.78 is 0. The van der Waals surface area contributed by atoms with Crippen LogP contribution in [0, 0.1) is 0 Å². The molecule has 3 heteroatoms. The van der Waals surface area contributed by atoms with Crippen molar-refractivity contribution in [3.05, 3.63) is 0 Å². The fraction of sp³-hybridized carbons (Fsp3) is 0.714. The summed E-state index contributed by atoms with van der Waals surface area (Å²) in [4.78, 5) is 23.3. The van der Waals surface area contributed by atoms with E-state index in [9.17, 15) is 9.59 Å². The Balaban J connectivity index is 2.07. The van der Waals surface area contributed by atoms with Gasteiger partial charge < -0.3 is 4.90 Å². The highest BCUT2D eigenvalue weighted by Gasteiger charge is 2.39. The molecule has 2 saturated heterocycles. The zero-order valence-corrected chi connectivity index (χ0v) is 5.67. The third-order valence-electron chi connectivity index (χ3n) is 2.27. The lowest BCUT2D eigenvalue weighted by atomic mass is 9.91. The van der Waals surface area contributed by atoms with Gasteiger partial charge in [0, 0.05) is 18.9 Å². The second kappa shape index (κ2) is 1.81. The van der Waals surface area contributed by atoms with Crippen LogP contribution >= 0.6 is 0 Å². The number of carbonyl (C=O) groups is 2. The number of rotatable bonds is 0. The first kappa shape index (κ1) is 5.89. The van der Waals surface area contributed by atoms with Gasteiger partial charge in [-0.15, -0.1) is 0 Å². The van der Waals surface area contributed by atoms with Gasteiger partial charge >= 0.3 is 0 Å². The van der Waals surface area contributed by atoms with E-state index in [4.69, 9.17) is 0 Å². The van der Waals surface area contributed by atoms with Gasteiger partial charge in [0.15, 0.2) is 5.78 Å². The van der Waals surface area contributed by atoms with Gasteiger partial charge in [0.2, 0.25) is 5.91 Å². The monoisotopic (exact) mass is 139 g/mol. The first-order chi connectivity index (χ1) is 4.77. The number of hydrogen-bond donors (Lipinski definition) is 0. The van der Waals surface area contributed by atoms with Crippen LogP contribution in [-0.2, 0) is 9.59 Å². The Morgan fingerprint density at radius 1 is 1.40 bits per heavy atom. The quantitative estimate of drug-likeness (QED) is 0.441. The molecule has 0 unspecified atom stereocenters. The Morgan fingerprint density at radius 2 is 2.20 bits per heavy atom. The van der Waals surface area contributed by atoms with Crippen LogP contribution in [-0.4, -0.2) is 29.2 Å². The summed E-state index contributed by atoms with van der Waals surface area (Å²) in [7, 11) is 0. The molecule has 2 aliphatic rings. The summed E-state index contributed by atoms with van der Waals surface area (Å²) in [6.45, 7) is 0.378. The van der Waals surface area contributed by atoms with Crippen molar-refractivity contribution in [3.8, 4) is 0 Å². The zero-order chi connectivity index (χ0) is 7.14. The average Bonchev–Trinajstić information content (AvgIpc) is 1.92. The summed E-state index contributed by atoms with van der Waals surface area (Å²) >= 11 is 0. The van der Waals surface area contributed by atoms with Crippen molar-refractivity contribution in [2.75, 3.05) is 6.54 Å². The largest absolute Gasteiger partial charge is 0.332 e. The van der Waals surface area contributed by atoms with Crippen LogP contribution in [0.25, 0.3) is 0 Å². The molecule has 1 atom stereocenters. The van der Waals surface area contributed by atoms with Gasteiger partial charge in [-0.25, -0.2) is 0 Å². The molecule has 0 aliphatic carbocycles. The molecular formula is C7H9NO2. The van der Waals surface area contributed by atoms with Crippen LogP contribution in [0.1, 0.15) is 19.3 Å². The Labute approximate surface area is 59.0 Å². The second-order valence-electron chi connectivity index (χ2n) is 2.96.